The van der Waals surface area contributed by atoms with Crippen LogP contribution in [0.25, 0.3) is 0 Å². The Bertz CT molecular complexity index is 184. The Balaban J connectivity index is 0.000000640. The highest BCUT2D eigenvalue weighted by molar-refractivity contribution is 5.90. The zero-order valence-electron chi connectivity index (χ0n) is 4.50. The summed E-state index contributed by atoms with van der Waals surface area (Å²) in [5.41, 5.74) is 5.19. The first kappa shape index (κ1) is 7.97. The van der Waals surface area contributed by atoms with Gasteiger partial charge in [-0.2, -0.15) is 5.10 Å². The predicted octanol–water partition coefficient (Wildman–Crippen LogP) is -0.0696. The Morgan fingerprint density at radius 1 is 1.78 bits per heavy atom. The number of carbonyl (C=O) groups excluding carboxylic acids is 1. The Labute approximate surface area is 57.8 Å². The smallest absolute Gasteiger partial charge is 0.266 e. The Morgan fingerprint density at radius 3 is 2.67 bits per heavy atom. The molecule has 1 aromatic heterocycles. The number of aromatic amines is 1. The average Bonchev–Trinajstić information content (AvgIpc) is 2.12. The quantitative estimate of drug-likeness (QED) is 0.584. The normalized spacial score (nSPS) is 8.00. The van der Waals surface area contributed by atoms with Gasteiger partial charge in [-0.25, -0.2) is 0 Å². The number of halogens is 1. The number of amides is 1. The van der Waals surface area contributed by atoms with E-state index in [1.165, 1.54) is 12.3 Å². The monoisotopic (exact) mass is 147 g/mol. The van der Waals surface area contributed by atoms with E-state index in [2.05, 4.69) is 10.2 Å². The molecule has 50 valence electrons. The van der Waals surface area contributed by atoms with Gasteiger partial charge >= 0.3 is 0 Å². The molecule has 4 nitrogen and oxygen atoms in total. The van der Waals surface area contributed by atoms with Crippen LogP contribution in [0.4, 0.5) is 0 Å². The van der Waals surface area contributed by atoms with Gasteiger partial charge in [0, 0.05) is 6.20 Å². The first-order valence-corrected chi connectivity index (χ1v) is 2.10. The summed E-state index contributed by atoms with van der Waals surface area (Å²) in [4.78, 5) is 10.2. The maximum absolute atomic E-state index is 10.2. The summed E-state index contributed by atoms with van der Waals surface area (Å²) < 4.78 is 0. The molecular formula is C4H6ClN3O. The summed E-state index contributed by atoms with van der Waals surface area (Å²) in [6, 6.07) is 1.52. The van der Waals surface area contributed by atoms with E-state index in [-0.39, 0.29) is 12.4 Å². The fourth-order valence-electron chi connectivity index (χ4n) is 0.393. The van der Waals surface area contributed by atoms with Gasteiger partial charge in [0.15, 0.2) is 0 Å². The van der Waals surface area contributed by atoms with Gasteiger partial charge in [0.05, 0.1) is 0 Å². The number of hydrogen-bond acceptors (Lipinski definition) is 2. The highest BCUT2D eigenvalue weighted by Crippen LogP contribution is 1.85. The third-order valence-corrected chi connectivity index (χ3v) is 0.766. The molecule has 0 radical (unpaired) electrons. The minimum Gasteiger partial charge on any atom is -0.364 e. The molecule has 0 bridgehead atoms. The zero-order valence-corrected chi connectivity index (χ0v) is 5.31. The lowest BCUT2D eigenvalue weighted by Gasteiger charge is -1.80. The lowest BCUT2D eigenvalue weighted by atomic mass is 10.4. The third-order valence-electron chi connectivity index (χ3n) is 0.766. The molecule has 9 heavy (non-hydrogen) atoms. The molecule has 1 heterocycles. The summed E-state index contributed by atoms with van der Waals surface area (Å²) in [5.74, 6) is -0.484. The van der Waals surface area contributed by atoms with E-state index in [0.717, 1.165) is 0 Å². The summed E-state index contributed by atoms with van der Waals surface area (Å²) in [7, 11) is 0. The third kappa shape index (κ3) is 1.73. The Hall–Kier alpha value is -1.03. The average molecular weight is 148 g/mol. The molecule has 1 amide bonds. The molecule has 0 aliphatic carbocycles. The van der Waals surface area contributed by atoms with Crippen LogP contribution in [0, 0.1) is 0 Å². The fraction of sp³-hybridized carbons (Fsp3) is 0. The van der Waals surface area contributed by atoms with Crippen molar-refractivity contribution in [3.63, 3.8) is 0 Å². The maximum Gasteiger partial charge on any atom is 0.266 e. The minimum absolute atomic E-state index is 0. The minimum atomic E-state index is -0.484. The number of nitrogens with one attached hydrogen (secondary N) is 1. The lowest BCUT2D eigenvalue weighted by molar-refractivity contribution is 0.0995. The number of primary amides is 1. The fourth-order valence-corrected chi connectivity index (χ4v) is 0.393. The molecule has 3 N–H and O–H groups in total. The molecule has 1 aromatic rings. The summed E-state index contributed by atoms with van der Waals surface area (Å²) >= 11 is 0. The first-order valence-electron chi connectivity index (χ1n) is 2.10. The molecular weight excluding hydrogens is 142 g/mol. The van der Waals surface area contributed by atoms with Gasteiger partial charge in [-0.15, -0.1) is 12.4 Å². The molecule has 0 saturated heterocycles. The van der Waals surface area contributed by atoms with Crippen molar-refractivity contribution in [1.29, 1.82) is 0 Å². The molecule has 0 fully saturated rings. The van der Waals surface area contributed by atoms with E-state index < -0.39 is 5.91 Å². The van der Waals surface area contributed by atoms with Gasteiger partial charge in [0.1, 0.15) is 5.69 Å². The van der Waals surface area contributed by atoms with Crippen molar-refractivity contribution >= 4 is 18.3 Å². The molecule has 0 aliphatic heterocycles. The van der Waals surface area contributed by atoms with Crippen LogP contribution >= 0.6 is 12.4 Å². The van der Waals surface area contributed by atoms with Gasteiger partial charge in [0.25, 0.3) is 5.91 Å². The van der Waals surface area contributed by atoms with E-state index >= 15 is 0 Å². The van der Waals surface area contributed by atoms with Crippen LogP contribution in [0.3, 0.4) is 0 Å². The van der Waals surface area contributed by atoms with Crippen molar-refractivity contribution in [2.24, 2.45) is 5.73 Å². The molecule has 0 atom stereocenters. The second kappa shape index (κ2) is 3.09. The highest BCUT2D eigenvalue weighted by Gasteiger charge is 1.96. The molecule has 0 saturated carbocycles. The van der Waals surface area contributed by atoms with Crippen LogP contribution in [-0.2, 0) is 0 Å². The molecule has 0 aliphatic rings. The number of hydrogen-bond donors (Lipinski definition) is 2. The number of nitrogens with zero attached hydrogens (tertiary/aromatic N) is 1. The maximum atomic E-state index is 10.2. The van der Waals surface area contributed by atoms with Crippen LogP contribution in [0.2, 0.25) is 0 Å². The van der Waals surface area contributed by atoms with Crippen molar-refractivity contribution in [3.8, 4) is 0 Å². The predicted molar refractivity (Wildman–Crippen MR) is 34.4 cm³/mol. The molecule has 0 spiro atoms. The SMILES string of the molecule is Cl.NC(=O)c1ccn[nH]1. The van der Waals surface area contributed by atoms with E-state index in [9.17, 15) is 4.79 Å². The van der Waals surface area contributed by atoms with Crippen LogP contribution < -0.4 is 5.73 Å². The van der Waals surface area contributed by atoms with Crippen molar-refractivity contribution < 1.29 is 4.79 Å². The molecule has 5 heteroatoms. The van der Waals surface area contributed by atoms with Crippen LogP contribution in [0.1, 0.15) is 10.5 Å². The largest absolute Gasteiger partial charge is 0.364 e. The number of H-pyrrole nitrogens is 1. The summed E-state index contributed by atoms with van der Waals surface area (Å²) in [6.45, 7) is 0. The Morgan fingerprint density at radius 2 is 2.44 bits per heavy atom. The van der Waals surface area contributed by atoms with E-state index in [0.29, 0.717) is 5.69 Å². The van der Waals surface area contributed by atoms with Crippen molar-refractivity contribution in [2.45, 2.75) is 0 Å². The molecule has 1 rings (SSSR count). The number of rotatable bonds is 1. The zero-order chi connectivity index (χ0) is 5.98. The van der Waals surface area contributed by atoms with Crippen molar-refractivity contribution in [3.05, 3.63) is 18.0 Å². The van der Waals surface area contributed by atoms with E-state index in [1.807, 2.05) is 0 Å². The second-order valence-electron chi connectivity index (χ2n) is 1.33. The lowest BCUT2D eigenvalue weighted by Crippen LogP contribution is -2.10. The van der Waals surface area contributed by atoms with Crippen LogP contribution in [-0.4, -0.2) is 16.1 Å². The van der Waals surface area contributed by atoms with Crippen molar-refractivity contribution in [1.82, 2.24) is 10.2 Å². The summed E-state index contributed by atoms with van der Waals surface area (Å²) in [6.07, 6.45) is 1.47. The second-order valence-corrected chi connectivity index (χ2v) is 1.33. The van der Waals surface area contributed by atoms with Crippen LogP contribution in [0.5, 0.6) is 0 Å². The Kier molecular flexibility index (Phi) is 2.73. The summed E-state index contributed by atoms with van der Waals surface area (Å²) in [5, 5.41) is 5.93. The number of nitrogens with two attached hydrogens (primary N) is 1. The van der Waals surface area contributed by atoms with Crippen LogP contribution in [0.15, 0.2) is 12.3 Å². The molecule has 0 unspecified atom stereocenters. The van der Waals surface area contributed by atoms with Gasteiger partial charge < -0.3 is 5.73 Å². The van der Waals surface area contributed by atoms with Gasteiger partial charge in [-0.3, -0.25) is 9.89 Å². The first-order chi connectivity index (χ1) is 3.80. The number of aromatic nitrogens is 2. The van der Waals surface area contributed by atoms with E-state index in [1.54, 1.807) is 0 Å². The van der Waals surface area contributed by atoms with Crippen molar-refractivity contribution in [2.75, 3.05) is 0 Å². The standard InChI is InChI=1S/C4H5N3O.ClH/c5-4(8)3-1-2-6-7-3;/h1-2H,(H2,5,8)(H,6,7);1H. The van der Waals surface area contributed by atoms with Gasteiger partial charge in [0.2, 0.25) is 0 Å². The van der Waals surface area contributed by atoms with Gasteiger partial charge in [-0.1, -0.05) is 0 Å². The van der Waals surface area contributed by atoms with E-state index in [4.69, 9.17) is 5.73 Å². The van der Waals surface area contributed by atoms with Gasteiger partial charge in [-0.05, 0) is 6.07 Å². The topological polar surface area (TPSA) is 71.8 Å². The highest BCUT2D eigenvalue weighted by atomic mass is 35.5. The molecule has 0 aromatic carbocycles. The number of carbonyl (C=O) groups is 1.